The molecule has 152 valence electrons. The molecule has 0 spiro atoms. The molecule has 5 rings (SSSR count). The van der Waals surface area contributed by atoms with Gasteiger partial charge in [0.1, 0.15) is 12.4 Å². The highest BCUT2D eigenvalue weighted by atomic mass is 16.5. The Labute approximate surface area is 172 Å². The number of carbonyl (C=O) groups excluding carboxylic acids is 1. The Kier molecular flexibility index (Phi) is 4.51. The predicted octanol–water partition coefficient (Wildman–Crippen LogP) is 1.31. The van der Waals surface area contributed by atoms with Crippen LogP contribution in [0.5, 0.6) is 0 Å². The standard InChI is InChI=1S/C21H20N6O3/c1-26-20(29)10-17(16-4-5-22-12-23-16)25-21(26)27-6-7-30-18(11-27)13-2-3-15-14(8-13)9-19(28)24-15/h2-5,8,10,12,18H,6-7,9,11H2,1H3,(H,24,28). The van der Waals surface area contributed by atoms with Crippen LogP contribution < -0.4 is 15.8 Å². The molecule has 1 unspecified atom stereocenters. The monoisotopic (exact) mass is 404 g/mol. The summed E-state index contributed by atoms with van der Waals surface area (Å²) in [4.78, 5) is 39.1. The Balaban J connectivity index is 1.45. The Hall–Kier alpha value is -3.59. The molecular weight excluding hydrogens is 384 g/mol. The summed E-state index contributed by atoms with van der Waals surface area (Å²) in [6, 6.07) is 9.12. The topological polar surface area (TPSA) is 102 Å². The molecule has 30 heavy (non-hydrogen) atoms. The van der Waals surface area contributed by atoms with E-state index in [1.54, 1.807) is 23.9 Å². The molecule has 2 aromatic heterocycles. The fourth-order valence-corrected chi connectivity index (χ4v) is 3.87. The predicted molar refractivity (Wildman–Crippen MR) is 110 cm³/mol. The van der Waals surface area contributed by atoms with E-state index in [1.165, 1.54) is 12.4 Å². The molecule has 2 aliphatic heterocycles. The van der Waals surface area contributed by atoms with Crippen molar-refractivity contribution in [3.05, 3.63) is 64.3 Å². The molecule has 0 saturated carbocycles. The molecular formula is C21H20N6O3. The zero-order chi connectivity index (χ0) is 20.7. The van der Waals surface area contributed by atoms with E-state index in [0.29, 0.717) is 43.5 Å². The summed E-state index contributed by atoms with van der Waals surface area (Å²) in [5.41, 5.74) is 3.81. The quantitative estimate of drug-likeness (QED) is 0.702. The minimum atomic E-state index is -0.181. The number of carbonyl (C=O) groups is 1. The Morgan fingerprint density at radius 3 is 2.90 bits per heavy atom. The maximum absolute atomic E-state index is 12.6. The molecule has 9 nitrogen and oxygen atoms in total. The average molecular weight is 404 g/mol. The Morgan fingerprint density at radius 2 is 2.07 bits per heavy atom. The second kappa shape index (κ2) is 7.34. The van der Waals surface area contributed by atoms with Crippen LogP contribution in [0.3, 0.4) is 0 Å². The molecule has 1 aromatic carbocycles. The van der Waals surface area contributed by atoms with Gasteiger partial charge in [0.05, 0.1) is 31.0 Å². The van der Waals surface area contributed by atoms with Crippen LogP contribution in [0.25, 0.3) is 11.4 Å². The van der Waals surface area contributed by atoms with Crippen LogP contribution in [0.15, 0.2) is 47.7 Å². The van der Waals surface area contributed by atoms with E-state index in [-0.39, 0.29) is 17.6 Å². The van der Waals surface area contributed by atoms with Gasteiger partial charge in [-0.3, -0.25) is 14.2 Å². The van der Waals surface area contributed by atoms with Crippen molar-refractivity contribution in [3.8, 4) is 11.4 Å². The maximum Gasteiger partial charge on any atom is 0.255 e. The first kappa shape index (κ1) is 18.4. The zero-order valence-electron chi connectivity index (χ0n) is 16.4. The number of benzene rings is 1. The lowest BCUT2D eigenvalue weighted by Crippen LogP contribution is -2.41. The van der Waals surface area contributed by atoms with Gasteiger partial charge < -0.3 is 15.0 Å². The van der Waals surface area contributed by atoms with Gasteiger partial charge in [-0.15, -0.1) is 0 Å². The molecule has 4 heterocycles. The maximum atomic E-state index is 12.6. The Bertz CT molecular complexity index is 1180. The minimum Gasteiger partial charge on any atom is -0.370 e. The van der Waals surface area contributed by atoms with E-state index in [0.717, 1.165) is 16.8 Å². The first-order chi connectivity index (χ1) is 14.6. The van der Waals surface area contributed by atoms with Crippen molar-refractivity contribution in [1.82, 2.24) is 19.5 Å². The van der Waals surface area contributed by atoms with Crippen molar-refractivity contribution in [2.75, 3.05) is 29.9 Å². The van der Waals surface area contributed by atoms with Crippen LogP contribution in [0.2, 0.25) is 0 Å². The molecule has 1 N–H and O–H groups in total. The molecule has 0 radical (unpaired) electrons. The van der Waals surface area contributed by atoms with Gasteiger partial charge in [-0.2, -0.15) is 0 Å². The lowest BCUT2D eigenvalue weighted by atomic mass is 10.0. The smallest absolute Gasteiger partial charge is 0.255 e. The zero-order valence-corrected chi connectivity index (χ0v) is 16.4. The van der Waals surface area contributed by atoms with Gasteiger partial charge in [0, 0.05) is 31.5 Å². The first-order valence-electron chi connectivity index (χ1n) is 9.72. The third kappa shape index (κ3) is 3.33. The number of aromatic nitrogens is 4. The van der Waals surface area contributed by atoms with Crippen LogP contribution >= 0.6 is 0 Å². The summed E-state index contributed by atoms with van der Waals surface area (Å²) >= 11 is 0. The van der Waals surface area contributed by atoms with Crippen LogP contribution in [-0.2, 0) is 23.0 Å². The summed E-state index contributed by atoms with van der Waals surface area (Å²) in [6.07, 6.45) is 3.27. The van der Waals surface area contributed by atoms with Crippen molar-refractivity contribution < 1.29 is 9.53 Å². The molecule has 0 bridgehead atoms. The summed E-state index contributed by atoms with van der Waals surface area (Å²) in [6.45, 7) is 1.68. The van der Waals surface area contributed by atoms with Gasteiger partial charge in [0.2, 0.25) is 11.9 Å². The van der Waals surface area contributed by atoms with Gasteiger partial charge in [-0.1, -0.05) is 12.1 Å². The normalized spacial score (nSPS) is 18.2. The molecule has 1 amide bonds. The van der Waals surface area contributed by atoms with Crippen LogP contribution in [0.4, 0.5) is 11.6 Å². The van der Waals surface area contributed by atoms with E-state index in [1.807, 2.05) is 18.2 Å². The summed E-state index contributed by atoms with van der Waals surface area (Å²) < 4.78 is 7.54. The minimum absolute atomic E-state index is 0.00840. The lowest BCUT2D eigenvalue weighted by molar-refractivity contribution is -0.115. The number of amides is 1. The van der Waals surface area contributed by atoms with Crippen molar-refractivity contribution in [2.24, 2.45) is 7.05 Å². The number of hydrogen-bond acceptors (Lipinski definition) is 7. The number of anilines is 2. The van der Waals surface area contributed by atoms with E-state index >= 15 is 0 Å². The number of hydrogen-bond donors (Lipinski definition) is 1. The average Bonchev–Trinajstić information content (AvgIpc) is 3.15. The van der Waals surface area contributed by atoms with Crippen molar-refractivity contribution in [2.45, 2.75) is 12.5 Å². The first-order valence-corrected chi connectivity index (χ1v) is 9.72. The molecule has 1 atom stereocenters. The van der Waals surface area contributed by atoms with Gasteiger partial charge in [0.25, 0.3) is 5.56 Å². The molecule has 3 aromatic rings. The highest BCUT2D eigenvalue weighted by molar-refractivity contribution is 5.99. The van der Waals surface area contributed by atoms with Gasteiger partial charge in [-0.25, -0.2) is 15.0 Å². The largest absolute Gasteiger partial charge is 0.370 e. The van der Waals surface area contributed by atoms with Gasteiger partial charge >= 0.3 is 0 Å². The second-order valence-corrected chi connectivity index (χ2v) is 7.38. The number of nitrogens with one attached hydrogen (secondary N) is 1. The van der Waals surface area contributed by atoms with Crippen LogP contribution in [0.1, 0.15) is 17.2 Å². The number of morpholine rings is 1. The van der Waals surface area contributed by atoms with E-state index < -0.39 is 0 Å². The van der Waals surface area contributed by atoms with Gasteiger partial charge in [-0.05, 0) is 23.3 Å². The second-order valence-electron chi connectivity index (χ2n) is 7.38. The molecule has 0 aliphatic carbocycles. The highest BCUT2D eigenvalue weighted by Gasteiger charge is 2.27. The third-order valence-corrected chi connectivity index (χ3v) is 5.43. The van der Waals surface area contributed by atoms with E-state index in [2.05, 4.69) is 20.2 Å². The lowest BCUT2D eigenvalue weighted by Gasteiger charge is -2.34. The Morgan fingerprint density at radius 1 is 1.17 bits per heavy atom. The third-order valence-electron chi connectivity index (χ3n) is 5.43. The van der Waals surface area contributed by atoms with E-state index in [4.69, 9.17) is 9.72 Å². The number of nitrogens with zero attached hydrogens (tertiary/aromatic N) is 5. The molecule has 1 saturated heterocycles. The summed E-state index contributed by atoms with van der Waals surface area (Å²) in [7, 11) is 1.71. The van der Waals surface area contributed by atoms with Crippen molar-refractivity contribution in [3.63, 3.8) is 0 Å². The van der Waals surface area contributed by atoms with Crippen molar-refractivity contribution >= 4 is 17.5 Å². The summed E-state index contributed by atoms with van der Waals surface area (Å²) in [5, 5.41) is 2.85. The van der Waals surface area contributed by atoms with E-state index in [9.17, 15) is 9.59 Å². The number of ether oxygens (including phenoxy) is 1. The highest BCUT2D eigenvalue weighted by Crippen LogP contribution is 2.30. The fourth-order valence-electron chi connectivity index (χ4n) is 3.87. The van der Waals surface area contributed by atoms with Crippen LogP contribution in [-0.4, -0.2) is 45.1 Å². The van der Waals surface area contributed by atoms with Gasteiger partial charge in [0.15, 0.2) is 0 Å². The SMILES string of the molecule is Cn1c(N2CCOC(c3ccc4c(c3)CC(=O)N4)C2)nc(-c2ccncn2)cc1=O. The number of rotatable bonds is 3. The molecule has 9 heteroatoms. The number of fused-ring (bicyclic) bond motifs is 1. The van der Waals surface area contributed by atoms with Crippen LogP contribution in [0, 0.1) is 0 Å². The molecule has 2 aliphatic rings. The fraction of sp³-hybridized carbons (Fsp3) is 0.286. The summed E-state index contributed by atoms with van der Waals surface area (Å²) in [5.74, 6) is 0.580. The molecule has 1 fully saturated rings. The van der Waals surface area contributed by atoms with Crippen molar-refractivity contribution in [1.29, 1.82) is 0 Å².